The normalized spacial score (nSPS) is 32.6. The van der Waals surface area contributed by atoms with Gasteiger partial charge in [-0.15, -0.1) is 0 Å². The molecule has 5 aliphatic rings. The van der Waals surface area contributed by atoms with Gasteiger partial charge < -0.3 is 19.9 Å². The van der Waals surface area contributed by atoms with Crippen LogP contribution in [-0.4, -0.2) is 88.6 Å². The van der Waals surface area contributed by atoms with E-state index in [1.165, 1.54) is 0 Å². The molecule has 1 aliphatic carbocycles. The van der Waals surface area contributed by atoms with E-state index in [1.807, 2.05) is 30.3 Å². The van der Waals surface area contributed by atoms with E-state index in [1.54, 1.807) is 0 Å². The Morgan fingerprint density at radius 2 is 1.71 bits per heavy atom. The van der Waals surface area contributed by atoms with E-state index in [4.69, 9.17) is 4.74 Å². The molecule has 1 aromatic rings. The molecule has 4 aliphatic heterocycles. The predicted molar refractivity (Wildman–Crippen MR) is 157 cm³/mol. The zero-order chi connectivity index (χ0) is 29.5. The fourth-order valence-corrected chi connectivity index (χ4v) is 8.81. The molecule has 42 heavy (non-hydrogen) atoms. The number of hydrogen-bond acceptors (Lipinski definition) is 4. The fraction of sp³-hybridized carbons (Fsp3) is 0.758. The number of benzene rings is 1. The first-order valence-corrected chi connectivity index (χ1v) is 16.3. The highest BCUT2D eigenvalue weighted by Gasteiger charge is 2.58. The Balaban J connectivity index is 1.13. The molecule has 5 fully saturated rings. The van der Waals surface area contributed by atoms with Crippen LogP contribution in [0.25, 0.3) is 0 Å². The van der Waals surface area contributed by atoms with Gasteiger partial charge in [0.05, 0.1) is 24.2 Å². The predicted octanol–water partition coefficient (Wildman–Crippen LogP) is 5.75. The third-order valence-electron chi connectivity index (χ3n) is 10.8. The van der Waals surface area contributed by atoms with Crippen LogP contribution >= 0.6 is 0 Å². The van der Waals surface area contributed by atoms with Crippen LogP contribution < -0.4 is 5.32 Å². The molecule has 1 spiro atoms. The van der Waals surface area contributed by atoms with Crippen LogP contribution in [0.1, 0.15) is 96.1 Å². The van der Waals surface area contributed by atoms with Gasteiger partial charge in [-0.05, 0) is 77.2 Å². The third-order valence-corrected chi connectivity index (χ3v) is 10.8. The first-order valence-electron chi connectivity index (χ1n) is 16.3. The minimum atomic E-state index is -2.64. The number of urea groups is 1. The van der Waals surface area contributed by atoms with Crippen LogP contribution in [0, 0.1) is 5.92 Å². The Kier molecular flexibility index (Phi) is 8.53. The van der Waals surface area contributed by atoms with Gasteiger partial charge in [0.1, 0.15) is 0 Å². The van der Waals surface area contributed by atoms with Gasteiger partial charge in [0.25, 0.3) is 0 Å². The van der Waals surface area contributed by atoms with E-state index in [9.17, 15) is 18.4 Å². The second-order valence-corrected chi connectivity index (χ2v) is 13.9. The van der Waals surface area contributed by atoms with Crippen molar-refractivity contribution in [2.75, 3.05) is 26.3 Å². The zero-order valence-corrected chi connectivity index (χ0v) is 25.3. The SMILES string of the molecule is CC(C)N1C(=O)N(C2CCCOC2)CC12CC1CCC(C2)N1CC[C@H](NC(=O)C1CCC(F)(F)CC1)c1ccccc1. The molecule has 6 rings (SSSR count). The van der Waals surface area contributed by atoms with Crippen molar-refractivity contribution in [2.45, 2.75) is 126 Å². The second-order valence-electron chi connectivity index (χ2n) is 13.9. The van der Waals surface area contributed by atoms with Crippen LogP contribution in [0.4, 0.5) is 13.6 Å². The highest BCUT2D eigenvalue weighted by atomic mass is 19.3. The van der Waals surface area contributed by atoms with Crippen LogP contribution in [0.5, 0.6) is 0 Å². The first kappa shape index (κ1) is 29.8. The van der Waals surface area contributed by atoms with Gasteiger partial charge in [-0.2, -0.15) is 0 Å². The molecule has 0 aromatic heterocycles. The van der Waals surface area contributed by atoms with Gasteiger partial charge in [0.15, 0.2) is 0 Å². The lowest BCUT2D eigenvalue weighted by atomic mass is 9.81. The van der Waals surface area contributed by atoms with E-state index in [2.05, 4.69) is 33.9 Å². The largest absolute Gasteiger partial charge is 0.379 e. The summed E-state index contributed by atoms with van der Waals surface area (Å²) in [6.07, 6.45) is 7.11. The van der Waals surface area contributed by atoms with E-state index in [0.29, 0.717) is 18.7 Å². The number of nitrogens with zero attached hydrogens (tertiary/aromatic N) is 3. The summed E-state index contributed by atoms with van der Waals surface area (Å²) >= 11 is 0. The molecule has 2 bridgehead atoms. The third kappa shape index (κ3) is 5.92. The number of alkyl halides is 2. The Labute approximate surface area is 249 Å². The minimum Gasteiger partial charge on any atom is -0.379 e. The number of halogens is 2. The highest BCUT2D eigenvalue weighted by molar-refractivity contribution is 5.79. The van der Waals surface area contributed by atoms with E-state index in [0.717, 1.165) is 70.2 Å². The maximum Gasteiger partial charge on any atom is 0.321 e. The van der Waals surface area contributed by atoms with Crippen molar-refractivity contribution >= 4 is 11.9 Å². The van der Waals surface area contributed by atoms with Gasteiger partial charge in [-0.3, -0.25) is 9.69 Å². The molecular formula is C33H48F2N4O3. The number of fused-ring (bicyclic) bond motifs is 2. The Morgan fingerprint density at radius 3 is 2.33 bits per heavy atom. The molecule has 232 valence electrons. The summed E-state index contributed by atoms with van der Waals surface area (Å²) in [6, 6.07) is 11.2. The van der Waals surface area contributed by atoms with E-state index < -0.39 is 5.92 Å². The number of amides is 3. The van der Waals surface area contributed by atoms with Crippen LogP contribution in [0.15, 0.2) is 30.3 Å². The molecule has 1 N–H and O–H groups in total. The average molecular weight is 587 g/mol. The van der Waals surface area contributed by atoms with Crippen molar-refractivity contribution in [3.8, 4) is 0 Å². The number of carbonyl (C=O) groups is 2. The quantitative estimate of drug-likeness (QED) is 0.421. The standard InChI is InChI=1S/C33H48F2N4O3/c1-23(2)39-31(41)38(28-9-6-18-42-21-28)22-32(39)19-26-10-11-27(20-32)37(26)17-14-29(24-7-4-3-5-8-24)36-30(40)25-12-15-33(34,35)16-13-25/h3-5,7-8,23,25-29H,6,9-22H2,1-2H3,(H,36,40)/t26?,27?,28?,29-,32?/m0/s1. The summed E-state index contributed by atoms with van der Waals surface area (Å²) in [5.41, 5.74) is 0.923. The number of carbonyl (C=O) groups excluding carboxylic acids is 2. The van der Waals surface area contributed by atoms with Crippen LogP contribution in [-0.2, 0) is 9.53 Å². The van der Waals surface area contributed by atoms with Crippen LogP contribution in [0.2, 0.25) is 0 Å². The molecule has 1 saturated carbocycles. The maximum atomic E-state index is 13.8. The fourth-order valence-electron chi connectivity index (χ4n) is 8.81. The molecule has 4 atom stereocenters. The summed E-state index contributed by atoms with van der Waals surface area (Å²) < 4.78 is 33.2. The van der Waals surface area contributed by atoms with Gasteiger partial charge in [0, 0.05) is 56.6 Å². The van der Waals surface area contributed by atoms with Crippen molar-refractivity contribution in [3.63, 3.8) is 0 Å². The molecule has 4 heterocycles. The van der Waals surface area contributed by atoms with Gasteiger partial charge in [-0.1, -0.05) is 30.3 Å². The summed E-state index contributed by atoms with van der Waals surface area (Å²) in [7, 11) is 0. The van der Waals surface area contributed by atoms with Crippen molar-refractivity contribution in [1.82, 2.24) is 20.0 Å². The van der Waals surface area contributed by atoms with Gasteiger partial charge >= 0.3 is 6.03 Å². The maximum absolute atomic E-state index is 13.8. The molecule has 1 aromatic carbocycles. The average Bonchev–Trinajstić information content (AvgIpc) is 3.40. The summed E-state index contributed by atoms with van der Waals surface area (Å²) in [5.74, 6) is -3.08. The molecule has 0 radical (unpaired) electrons. The topological polar surface area (TPSA) is 65.1 Å². The molecule has 3 unspecified atom stereocenters. The molecule has 7 nitrogen and oxygen atoms in total. The zero-order valence-electron chi connectivity index (χ0n) is 25.3. The van der Waals surface area contributed by atoms with Crippen molar-refractivity contribution < 1.29 is 23.1 Å². The van der Waals surface area contributed by atoms with Crippen molar-refractivity contribution in [1.29, 1.82) is 0 Å². The molecular weight excluding hydrogens is 538 g/mol. The molecule has 9 heteroatoms. The number of nitrogens with one attached hydrogen (secondary N) is 1. The summed E-state index contributed by atoms with van der Waals surface area (Å²) in [6.45, 7) is 7.39. The van der Waals surface area contributed by atoms with E-state index in [-0.39, 0.29) is 67.2 Å². The van der Waals surface area contributed by atoms with Crippen molar-refractivity contribution in [3.05, 3.63) is 35.9 Å². The smallest absolute Gasteiger partial charge is 0.321 e. The number of piperidine rings is 1. The lowest BCUT2D eigenvalue weighted by Crippen LogP contribution is -2.60. The first-order chi connectivity index (χ1) is 20.2. The Hall–Kier alpha value is -2.26. The molecule has 4 saturated heterocycles. The Morgan fingerprint density at radius 1 is 1.02 bits per heavy atom. The Bertz CT molecular complexity index is 1090. The summed E-state index contributed by atoms with van der Waals surface area (Å²) in [5, 5.41) is 3.26. The van der Waals surface area contributed by atoms with E-state index >= 15 is 0 Å². The summed E-state index contributed by atoms with van der Waals surface area (Å²) in [4.78, 5) is 34.0. The highest BCUT2D eigenvalue weighted by Crippen LogP contribution is 2.48. The van der Waals surface area contributed by atoms with Gasteiger partial charge in [-0.25, -0.2) is 13.6 Å². The van der Waals surface area contributed by atoms with Gasteiger partial charge in [0.2, 0.25) is 11.8 Å². The number of ether oxygens (including phenoxy) is 1. The monoisotopic (exact) mass is 586 g/mol. The lowest BCUT2D eigenvalue weighted by molar-refractivity contribution is -0.130. The number of rotatable bonds is 8. The lowest BCUT2D eigenvalue weighted by Gasteiger charge is -2.49. The minimum absolute atomic E-state index is 0.0938. The molecule has 3 amide bonds. The second kappa shape index (κ2) is 12.0. The van der Waals surface area contributed by atoms with Crippen LogP contribution in [0.3, 0.4) is 0 Å². The van der Waals surface area contributed by atoms with Crippen molar-refractivity contribution in [2.24, 2.45) is 5.92 Å². The number of hydrogen-bond donors (Lipinski definition) is 1.